The fourth-order valence-electron chi connectivity index (χ4n) is 2.07. The van der Waals surface area contributed by atoms with Crippen LogP contribution in [-0.2, 0) is 11.3 Å². The van der Waals surface area contributed by atoms with Crippen LogP contribution in [0, 0.1) is 12.8 Å². The highest BCUT2D eigenvalue weighted by Gasteiger charge is 2.21. The summed E-state index contributed by atoms with van der Waals surface area (Å²) in [5.41, 5.74) is 8.77. The van der Waals surface area contributed by atoms with E-state index in [-0.39, 0.29) is 0 Å². The topological polar surface area (TPSA) is 66.0 Å². The number of nitrogens with two attached hydrogens (primary N) is 1. The van der Waals surface area contributed by atoms with E-state index in [2.05, 4.69) is 9.97 Å². The Bertz CT molecular complexity index is 559. The summed E-state index contributed by atoms with van der Waals surface area (Å²) in [6, 6.07) is 1.95. The van der Waals surface area contributed by atoms with Gasteiger partial charge in [0.25, 0.3) is 0 Å². The van der Waals surface area contributed by atoms with E-state index in [1.807, 2.05) is 17.6 Å². The SMILES string of the molecule is Cc1ccnc2c1nc(N)n2CCOCC1CC1. The predicted octanol–water partition coefficient (Wildman–Crippen LogP) is 1.75. The van der Waals surface area contributed by atoms with Gasteiger partial charge in [0.2, 0.25) is 5.95 Å². The van der Waals surface area contributed by atoms with Crippen molar-refractivity contribution in [3.63, 3.8) is 0 Å². The van der Waals surface area contributed by atoms with E-state index >= 15 is 0 Å². The number of fused-ring (bicyclic) bond motifs is 1. The molecule has 5 nitrogen and oxygen atoms in total. The molecule has 18 heavy (non-hydrogen) atoms. The van der Waals surface area contributed by atoms with Crippen molar-refractivity contribution < 1.29 is 4.74 Å². The maximum absolute atomic E-state index is 5.93. The Morgan fingerprint density at radius 2 is 2.33 bits per heavy atom. The van der Waals surface area contributed by atoms with Crippen LogP contribution in [0.15, 0.2) is 12.3 Å². The molecule has 2 aromatic heterocycles. The van der Waals surface area contributed by atoms with Gasteiger partial charge in [-0.1, -0.05) is 0 Å². The molecule has 2 N–H and O–H groups in total. The predicted molar refractivity (Wildman–Crippen MR) is 70.2 cm³/mol. The average molecular weight is 246 g/mol. The maximum atomic E-state index is 5.93. The number of nitrogens with zero attached hydrogens (tertiary/aromatic N) is 3. The number of ether oxygens (including phenoxy) is 1. The molecule has 0 aromatic carbocycles. The van der Waals surface area contributed by atoms with Crippen LogP contribution in [0.4, 0.5) is 5.95 Å². The number of hydrogen-bond donors (Lipinski definition) is 1. The van der Waals surface area contributed by atoms with Gasteiger partial charge in [-0.05, 0) is 37.3 Å². The lowest BCUT2D eigenvalue weighted by Crippen LogP contribution is -2.10. The molecule has 0 spiro atoms. The molecule has 0 saturated heterocycles. The van der Waals surface area contributed by atoms with Crippen LogP contribution in [0.5, 0.6) is 0 Å². The van der Waals surface area contributed by atoms with E-state index in [1.54, 1.807) is 6.20 Å². The van der Waals surface area contributed by atoms with Crippen molar-refractivity contribution in [1.82, 2.24) is 14.5 Å². The van der Waals surface area contributed by atoms with E-state index in [4.69, 9.17) is 10.5 Å². The molecule has 1 fully saturated rings. The second kappa shape index (κ2) is 4.57. The second-order valence-corrected chi connectivity index (χ2v) is 4.94. The number of aryl methyl sites for hydroxylation is 1. The highest BCUT2D eigenvalue weighted by molar-refractivity contribution is 5.77. The highest BCUT2D eigenvalue weighted by atomic mass is 16.5. The summed E-state index contributed by atoms with van der Waals surface area (Å²) in [7, 11) is 0. The van der Waals surface area contributed by atoms with Gasteiger partial charge in [-0.25, -0.2) is 9.97 Å². The van der Waals surface area contributed by atoms with Crippen LogP contribution in [0.3, 0.4) is 0 Å². The molecular weight excluding hydrogens is 228 g/mol. The molecule has 0 unspecified atom stereocenters. The molecule has 5 heteroatoms. The smallest absolute Gasteiger partial charge is 0.202 e. The summed E-state index contributed by atoms with van der Waals surface area (Å²) in [5, 5.41) is 0. The maximum Gasteiger partial charge on any atom is 0.202 e. The summed E-state index contributed by atoms with van der Waals surface area (Å²) < 4.78 is 7.56. The van der Waals surface area contributed by atoms with Gasteiger partial charge in [0.1, 0.15) is 5.52 Å². The first kappa shape index (κ1) is 11.5. The van der Waals surface area contributed by atoms with Gasteiger partial charge in [-0.15, -0.1) is 0 Å². The molecule has 2 aromatic rings. The molecule has 0 atom stereocenters. The first-order valence-corrected chi connectivity index (χ1v) is 6.41. The third kappa shape index (κ3) is 2.18. The number of hydrogen-bond acceptors (Lipinski definition) is 4. The molecule has 1 saturated carbocycles. The Morgan fingerprint density at radius 1 is 1.50 bits per heavy atom. The van der Waals surface area contributed by atoms with Crippen molar-refractivity contribution in [2.24, 2.45) is 5.92 Å². The third-order valence-electron chi connectivity index (χ3n) is 3.37. The number of rotatable bonds is 5. The molecule has 0 aliphatic heterocycles. The van der Waals surface area contributed by atoms with E-state index in [0.717, 1.165) is 29.3 Å². The van der Waals surface area contributed by atoms with E-state index in [9.17, 15) is 0 Å². The number of imidazole rings is 1. The Morgan fingerprint density at radius 3 is 3.11 bits per heavy atom. The van der Waals surface area contributed by atoms with Crippen LogP contribution in [-0.4, -0.2) is 27.7 Å². The van der Waals surface area contributed by atoms with Crippen LogP contribution in [0.1, 0.15) is 18.4 Å². The van der Waals surface area contributed by atoms with Crippen molar-refractivity contribution >= 4 is 17.1 Å². The molecule has 0 bridgehead atoms. The number of anilines is 1. The zero-order valence-corrected chi connectivity index (χ0v) is 10.6. The molecule has 3 rings (SSSR count). The monoisotopic (exact) mass is 246 g/mol. The normalized spacial score (nSPS) is 15.4. The first-order valence-electron chi connectivity index (χ1n) is 6.41. The van der Waals surface area contributed by atoms with E-state index in [1.165, 1.54) is 12.8 Å². The molecular formula is C13H18N4O. The second-order valence-electron chi connectivity index (χ2n) is 4.94. The Kier molecular flexibility index (Phi) is 2.91. The number of pyridine rings is 1. The van der Waals surface area contributed by atoms with E-state index in [0.29, 0.717) is 19.1 Å². The quantitative estimate of drug-likeness (QED) is 0.816. The van der Waals surface area contributed by atoms with Gasteiger partial charge >= 0.3 is 0 Å². The van der Waals surface area contributed by atoms with Gasteiger partial charge in [0, 0.05) is 12.8 Å². The lowest BCUT2D eigenvalue weighted by molar-refractivity contribution is 0.118. The van der Waals surface area contributed by atoms with Crippen molar-refractivity contribution in [3.8, 4) is 0 Å². The summed E-state index contributed by atoms with van der Waals surface area (Å²) in [6.07, 6.45) is 4.42. The summed E-state index contributed by atoms with van der Waals surface area (Å²) in [5.74, 6) is 1.31. The van der Waals surface area contributed by atoms with Crippen molar-refractivity contribution in [1.29, 1.82) is 0 Å². The summed E-state index contributed by atoms with van der Waals surface area (Å²) >= 11 is 0. The molecule has 0 amide bonds. The number of aromatic nitrogens is 3. The van der Waals surface area contributed by atoms with Gasteiger partial charge in [0.15, 0.2) is 5.65 Å². The average Bonchev–Trinajstić information content (AvgIpc) is 3.11. The molecule has 0 radical (unpaired) electrons. The van der Waals surface area contributed by atoms with Gasteiger partial charge < -0.3 is 10.5 Å². The number of nitrogen functional groups attached to an aromatic ring is 1. The van der Waals surface area contributed by atoms with Crippen LogP contribution in [0.2, 0.25) is 0 Å². The fourth-order valence-corrected chi connectivity index (χ4v) is 2.07. The third-order valence-corrected chi connectivity index (χ3v) is 3.37. The van der Waals surface area contributed by atoms with Crippen LogP contribution < -0.4 is 5.73 Å². The van der Waals surface area contributed by atoms with Gasteiger partial charge in [-0.3, -0.25) is 4.57 Å². The Labute approximate surface area is 106 Å². The minimum absolute atomic E-state index is 0.516. The fraction of sp³-hybridized carbons (Fsp3) is 0.538. The van der Waals surface area contributed by atoms with Crippen molar-refractivity contribution in [2.75, 3.05) is 18.9 Å². The lowest BCUT2D eigenvalue weighted by atomic mass is 10.3. The Balaban J connectivity index is 1.73. The van der Waals surface area contributed by atoms with E-state index < -0.39 is 0 Å². The molecule has 1 aliphatic rings. The van der Waals surface area contributed by atoms with Crippen LogP contribution >= 0.6 is 0 Å². The van der Waals surface area contributed by atoms with Crippen molar-refractivity contribution in [2.45, 2.75) is 26.3 Å². The lowest BCUT2D eigenvalue weighted by Gasteiger charge is -2.06. The zero-order chi connectivity index (χ0) is 12.5. The molecule has 96 valence electrons. The zero-order valence-electron chi connectivity index (χ0n) is 10.6. The first-order chi connectivity index (χ1) is 8.75. The minimum atomic E-state index is 0.516. The molecule has 2 heterocycles. The largest absolute Gasteiger partial charge is 0.379 e. The summed E-state index contributed by atoms with van der Waals surface area (Å²) in [6.45, 7) is 4.27. The highest BCUT2D eigenvalue weighted by Crippen LogP contribution is 2.28. The molecule has 1 aliphatic carbocycles. The standard InChI is InChI=1S/C13H18N4O/c1-9-4-5-15-12-11(9)16-13(14)17(12)6-7-18-8-10-2-3-10/h4-5,10H,2-3,6-8H2,1H3,(H2,14,16). The summed E-state index contributed by atoms with van der Waals surface area (Å²) in [4.78, 5) is 8.72. The van der Waals surface area contributed by atoms with Gasteiger partial charge in [0.05, 0.1) is 13.2 Å². The van der Waals surface area contributed by atoms with Crippen molar-refractivity contribution in [3.05, 3.63) is 17.8 Å². The Hall–Kier alpha value is -1.62. The minimum Gasteiger partial charge on any atom is -0.379 e. The van der Waals surface area contributed by atoms with Gasteiger partial charge in [-0.2, -0.15) is 0 Å². The van der Waals surface area contributed by atoms with Crippen LogP contribution in [0.25, 0.3) is 11.2 Å².